The van der Waals surface area contributed by atoms with Gasteiger partial charge in [-0.25, -0.2) is 4.79 Å². The molecule has 1 heterocycles. The van der Waals surface area contributed by atoms with Crippen molar-refractivity contribution in [1.29, 1.82) is 0 Å². The molecule has 154 valence electrons. The largest absolute Gasteiger partial charge is 0.449 e. The minimum Gasteiger partial charge on any atom is -0.449 e. The van der Waals surface area contributed by atoms with Crippen LogP contribution in [0.2, 0.25) is 0 Å². The molecule has 7 nitrogen and oxygen atoms in total. The Hall–Kier alpha value is -3.42. The number of H-pyrrole nitrogens is 1. The van der Waals surface area contributed by atoms with Gasteiger partial charge in [-0.3, -0.25) is 4.79 Å². The number of alkyl carbamates (subject to hydrolysis) is 1. The summed E-state index contributed by atoms with van der Waals surface area (Å²) in [7, 11) is 0. The number of aromatic nitrogens is 1. The number of carbonyl (C=O) groups is 1. The third kappa shape index (κ3) is 3.85. The van der Waals surface area contributed by atoms with E-state index in [0.29, 0.717) is 0 Å². The molecule has 0 spiro atoms. The number of benzene rings is 2. The molecule has 0 saturated carbocycles. The van der Waals surface area contributed by atoms with Crippen LogP contribution in [0.5, 0.6) is 0 Å². The lowest BCUT2D eigenvalue weighted by molar-refractivity contribution is 0.0178. The average molecular weight is 406 g/mol. The Morgan fingerprint density at radius 3 is 2.30 bits per heavy atom. The van der Waals surface area contributed by atoms with Crippen molar-refractivity contribution >= 4 is 6.09 Å². The van der Waals surface area contributed by atoms with Crippen LogP contribution < -0.4 is 10.7 Å². The summed E-state index contributed by atoms with van der Waals surface area (Å²) < 4.78 is 5.39. The van der Waals surface area contributed by atoms with Gasteiger partial charge in [-0.2, -0.15) is 0 Å². The zero-order valence-electron chi connectivity index (χ0n) is 16.1. The van der Waals surface area contributed by atoms with E-state index in [9.17, 15) is 19.8 Å². The van der Waals surface area contributed by atoms with Crippen molar-refractivity contribution in [2.45, 2.75) is 18.1 Å². The summed E-state index contributed by atoms with van der Waals surface area (Å²) in [6.45, 7) is -0.108. The third-order valence-corrected chi connectivity index (χ3v) is 5.34. The highest BCUT2D eigenvalue weighted by molar-refractivity contribution is 5.79. The molecule has 1 aliphatic carbocycles. The van der Waals surface area contributed by atoms with E-state index in [2.05, 4.69) is 22.4 Å². The number of hydrogen-bond donors (Lipinski definition) is 4. The number of carbonyl (C=O) groups excluding carboxylic acids is 1. The first-order valence-electron chi connectivity index (χ1n) is 9.68. The van der Waals surface area contributed by atoms with Crippen LogP contribution in [0, 0.1) is 0 Å². The lowest BCUT2D eigenvalue weighted by atomic mass is 9.98. The monoisotopic (exact) mass is 406 g/mol. The van der Waals surface area contributed by atoms with Gasteiger partial charge in [0.2, 0.25) is 0 Å². The summed E-state index contributed by atoms with van der Waals surface area (Å²) in [6, 6.07) is 17.3. The van der Waals surface area contributed by atoms with Gasteiger partial charge in [-0.1, -0.05) is 48.5 Å². The summed E-state index contributed by atoms with van der Waals surface area (Å²) in [5.41, 5.74) is 4.10. The van der Waals surface area contributed by atoms with Crippen molar-refractivity contribution in [2.24, 2.45) is 0 Å². The Morgan fingerprint density at radius 1 is 1.03 bits per heavy atom. The summed E-state index contributed by atoms with van der Waals surface area (Å²) in [5.74, 6) is -0.0680. The van der Waals surface area contributed by atoms with E-state index in [-0.39, 0.29) is 24.6 Å². The normalized spacial score (nSPS) is 14.5. The van der Waals surface area contributed by atoms with E-state index in [1.807, 2.05) is 36.4 Å². The number of amides is 1. The lowest BCUT2D eigenvalue weighted by Gasteiger charge is -2.19. The minimum absolute atomic E-state index is 0.0272. The van der Waals surface area contributed by atoms with Crippen molar-refractivity contribution in [3.8, 4) is 11.1 Å². The molecule has 2 aromatic carbocycles. The SMILES string of the molecule is O=C(NCC(O)C(O)c1c[nH]ccc1=O)OCC1c2ccccc2-c2ccccc21. The molecule has 0 aliphatic heterocycles. The molecule has 0 saturated heterocycles. The van der Waals surface area contributed by atoms with Crippen molar-refractivity contribution in [2.75, 3.05) is 13.2 Å². The molecule has 1 aromatic heterocycles. The summed E-state index contributed by atoms with van der Waals surface area (Å²) in [4.78, 5) is 26.6. The van der Waals surface area contributed by atoms with Crippen LogP contribution in [0.3, 0.4) is 0 Å². The third-order valence-electron chi connectivity index (χ3n) is 5.34. The standard InChI is InChI=1S/C23H22N2O5/c26-20-9-10-24-11-18(20)22(28)21(27)12-25-23(29)30-13-19-16-7-3-1-5-14(16)15-6-2-4-8-17(15)19/h1-11,19,21-22,27-28H,12-13H2,(H,24,26)(H,25,29). The van der Waals surface area contributed by atoms with Gasteiger partial charge in [-0.05, 0) is 22.3 Å². The highest BCUT2D eigenvalue weighted by Crippen LogP contribution is 2.44. The second-order valence-corrected chi connectivity index (χ2v) is 7.18. The predicted octanol–water partition coefficient (Wildman–Crippen LogP) is 2.31. The van der Waals surface area contributed by atoms with Gasteiger partial charge >= 0.3 is 6.09 Å². The molecule has 1 amide bonds. The molecule has 3 aromatic rings. The number of ether oxygens (including phenoxy) is 1. The number of rotatable bonds is 6. The molecule has 0 radical (unpaired) electrons. The number of hydrogen-bond acceptors (Lipinski definition) is 5. The Labute approximate surface area is 173 Å². The first-order valence-corrected chi connectivity index (χ1v) is 9.68. The second kappa shape index (κ2) is 8.52. The first-order chi connectivity index (χ1) is 14.6. The zero-order valence-corrected chi connectivity index (χ0v) is 16.1. The van der Waals surface area contributed by atoms with Crippen molar-refractivity contribution in [1.82, 2.24) is 10.3 Å². The first kappa shape index (κ1) is 19.9. The summed E-state index contributed by atoms with van der Waals surface area (Å²) in [5, 5.41) is 22.7. The Balaban J connectivity index is 1.35. The Bertz CT molecular complexity index is 1060. The second-order valence-electron chi connectivity index (χ2n) is 7.18. The van der Waals surface area contributed by atoms with Gasteiger partial charge in [0.1, 0.15) is 18.8 Å². The molecule has 4 rings (SSSR count). The van der Waals surface area contributed by atoms with Gasteiger partial charge in [0.15, 0.2) is 5.43 Å². The maximum Gasteiger partial charge on any atom is 0.407 e. The summed E-state index contributed by atoms with van der Waals surface area (Å²) >= 11 is 0. The minimum atomic E-state index is -1.43. The van der Waals surface area contributed by atoms with Crippen LogP contribution in [0.1, 0.15) is 28.7 Å². The number of nitrogens with one attached hydrogen (secondary N) is 2. The van der Waals surface area contributed by atoms with Gasteiger partial charge in [0.05, 0.1) is 0 Å². The smallest absolute Gasteiger partial charge is 0.407 e. The molecular weight excluding hydrogens is 384 g/mol. The van der Waals surface area contributed by atoms with E-state index in [1.165, 1.54) is 18.5 Å². The van der Waals surface area contributed by atoms with Gasteiger partial charge in [-0.15, -0.1) is 0 Å². The molecule has 0 fully saturated rings. The van der Waals surface area contributed by atoms with Crippen LogP contribution in [0.25, 0.3) is 11.1 Å². The van der Waals surface area contributed by atoms with Crippen molar-refractivity contribution < 1.29 is 19.7 Å². The molecular formula is C23H22N2O5. The lowest BCUT2D eigenvalue weighted by Crippen LogP contribution is -2.37. The van der Waals surface area contributed by atoms with Crippen molar-refractivity contribution in [3.63, 3.8) is 0 Å². The van der Waals surface area contributed by atoms with E-state index in [4.69, 9.17) is 4.74 Å². The highest BCUT2D eigenvalue weighted by atomic mass is 16.5. The fraction of sp³-hybridized carbons (Fsp3) is 0.217. The quantitative estimate of drug-likeness (QED) is 0.502. The number of pyridine rings is 1. The fourth-order valence-electron chi connectivity index (χ4n) is 3.82. The van der Waals surface area contributed by atoms with E-state index in [0.717, 1.165) is 22.3 Å². The number of aromatic amines is 1. The van der Waals surface area contributed by atoms with Crippen LogP contribution in [0.4, 0.5) is 4.79 Å². The van der Waals surface area contributed by atoms with Crippen LogP contribution in [-0.4, -0.2) is 40.5 Å². The molecule has 1 aliphatic rings. The summed E-state index contributed by atoms with van der Waals surface area (Å²) in [6.07, 6.45) is -0.730. The van der Waals surface area contributed by atoms with Crippen molar-refractivity contribution in [3.05, 3.63) is 93.9 Å². The van der Waals surface area contributed by atoms with E-state index >= 15 is 0 Å². The topological polar surface area (TPSA) is 112 Å². The van der Waals surface area contributed by atoms with Crippen LogP contribution in [0.15, 0.2) is 71.8 Å². The van der Waals surface area contributed by atoms with E-state index < -0.39 is 23.7 Å². The Morgan fingerprint density at radius 2 is 1.67 bits per heavy atom. The maximum atomic E-state index is 12.2. The molecule has 2 atom stereocenters. The van der Waals surface area contributed by atoms with Gasteiger partial charge < -0.3 is 25.3 Å². The van der Waals surface area contributed by atoms with E-state index in [1.54, 1.807) is 0 Å². The number of aliphatic hydroxyl groups is 2. The highest BCUT2D eigenvalue weighted by Gasteiger charge is 2.29. The molecule has 7 heteroatoms. The number of aliphatic hydroxyl groups excluding tert-OH is 2. The van der Waals surface area contributed by atoms with Crippen LogP contribution in [-0.2, 0) is 4.74 Å². The maximum absolute atomic E-state index is 12.2. The molecule has 30 heavy (non-hydrogen) atoms. The molecule has 2 unspecified atom stereocenters. The molecule has 4 N–H and O–H groups in total. The number of fused-ring (bicyclic) bond motifs is 3. The Kier molecular flexibility index (Phi) is 5.65. The predicted molar refractivity (Wildman–Crippen MR) is 111 cm³/mol. The average Bonchev–Trinajstić information content (AvgIpc) is 3.09. The van der Waals surface area contributed by atoms with Gasteiger partial charge in [0.25, 0.3) is 0 Å². The van der Waals surface area contributed by atoms with Crippen LogP contribution >= 0.6 is 0 Å². The zero-order chi connectivity index (χ0) is 21.1. The molecule has 0 bridgehead atoms. The van der Waals surface area contributed by atoms with Gasteiger partial charge in [0, 0.05) is 36.5 Å². The fourth-order valence-corrected chi connectivity index (χ4v) is 3.82.